The molecule has 0 spiro atoms. The van der Waals surface area contributed by atoms with Gasteiger partial charge in [0.25, 0.3) is 0 Å². The van der Waals surface area contributed by atoms with Crippen molar-refractivity contribution >= 4 is 28.8 Å². The Labute approximate surface area is 117 Å². The minimum atomic E-state index is -0.376. The lowest BCUT2D eigenvalue weighted by molar-refractivity contribution is 0.628. The highest BCUT2D eigenvalue weighted by molar-refractivity contribution is 7.13. The van der Waals surface area contributed by atoms with E-state index in [1.807, 2.05) is 17.5 Å². The fourth-order valence-electron chi connectivity index (χ4n) is 1.91. The Morgan fingerprint density at radius 3 is 2.84 bits per heavy atom. The van der Waals surface area contributed by atoms with Crippen molar-refractivity contribution < 1.29 is 4.39 Å². The lowest BCUT2D eigenvalue weighted by Gasteiger charge is -2.05. The zero-order valence-corrected chi connectivity index (χ0v) is 11.2. The highest BCUT2D eigenvalue weighted by Crippen LogP contribution is 2.39. The summed E-state index contributed by atoms with van der Waals surface area (Å²) in [5, 5.41) is 9.16. The number of benzene rings is 1. The predicted octanol–water partition coefficient (Wildman–Crippen LogP) is 4.18. The van der Waals surface area contributed by atoms with E-state index in [9.17, 15) is 4.39 Å². The molecule has 19 heavy (non-hydrogen) atoms. The van der Waals surface area contributed by atoms with Gasteiger partial charge in [0.15, 0.2) is 5.82 Å². The summed E-state index contributed by atoms with van der Waals surface area (Å²) >= 11 is 7.64. The van der Waals surface area contributed by atoms with E-state index in [4.69, 9.17) is 17.3 Å². The van der Waals surface area contributed by atoms with Gasteiger partial charge in [-0.2, -0.15) is 5.10 Å². The van der Waals surface area contributed by atoms with E-state index in [0.717, 1.165) is 10.4 Å². The van der Waals surface area contributed by atoms with Crippen LogP contribution >= 0.6 is 22.9 Å². The van der Waals surface area contributed by atoms with Crippen molar-refractivity contribution in [3.05, 3.63) is 46.6 Å². The number of nitrogen functional groups attached to an aromatic ring is 1. The summed E-state index contributed by atoms with van der Waals surface area (Å²) in [5.41, 5.74) is 8.07. The molecular formula is C13H9ClFN3S. The standard InChI is InChI=1S/C13H9ClFN3S/c14-9-6-7(15)3-4-8(9)12-11(13(16)18-17-12)10-2-1-5-19-10/h1-6H,(H3,16,17,18). The first kappa shape index (κ1) is 12.2. The number of nitrogens with zero attached hydrogens (tertiary/aromatic N) is 1. The van der Waals surface area contributed by atoms with Crippen molar-refractivity contribution in [2.24, 2.45) is 0 Å². The van der Waals surface area contributed by atoms with E-state index in [-0.39, 0.29) is 5.82 Å². The van der Waals surface area contributed by atoms with Gasteiger partial charge in [-0.1, -0.05) is 17.7 Å². The molecule has 0 aliphatic carbocycles. The van der Waals surface area contributed by atoms with Gasteiger partial charge in [0.1, 0.15) is 5.82 Å². The largest absolute Gasteiger partial charge is 0.382 e. The molecule has 0 aliphatic heterocycles. The van der Waals surface area contributed by atoms with E-state index < -0.39 is 0 Å². The average Bonchev–Trinajstić information content (AvgIpc) is 2.98. The molecule has 0 unspecified atom stereocenters. The number of H-pyrrole nitrogens is 1. The molecule has 2 heterocycles. The number of nitrogens with one attached hydrogen (secondary N) is 1. The van der Waals surface area contributed by atoms with E-state index in [1.165, 1.54) is 12.1 Å². The third-order valence-electron chi connectivity index (χ3n) is 2.76. The summed E-state index contributed by atoms with van der Waals surface area (Å²) in [4.78, 5) is 0.988. The quantitative estimate of drug-likeness (QED) is 0.744. The van der Waals surface area contributed by atoms with Crippen molar-refractivity contribution in [1.29, 1.82) is 0 Å². The summed E-state index contributed by atoms with van der Waals surface area (Å²) in [5.74, 6) is 0.0248. The van der Waals surface area contributed by atoms with Crippen LogP contribution in [0.15, 0.2) is 35.7 Å². The molecule has 96 valence electrons. The third kappa shape index (κ3) is 2.11. The number of halogens is 2. The molecule has 3 aromatic rings. The highest BCUT2D eigenvalue weighted by Gasteiger charge is 2.17. The minimum absolute atomic E-state index is 0.321. The third-order valence-corrected chi connectivity index (χ3v) is 3.96. The van der Waals surface area contributed by atoms with Crippen LogP contribution < -0.4 is 5.73 Å². The molecule has 0 atom stereocenters. The molecule has 3 rings (SSSR count). The molecule has 0 saturated heterocycles. The highest BCUT2D eigenvalue weighted by atomic mass is 35.5. The lowest BCUT2D eigenvalue weighted by atomic mass is 10.1. The van der Waals surface area contributed by atoms with Crippen LogP contribution in [-0.4, -0.2) is 10.2 Å². The van der Waals surface area contributed by atoms with Crippen LogP contribution in [0.2, 0.25) is 5.02 Å². The smallest absolute Gasteiger partial charge is 0.154 e. The number of nitrogens with two attached hydrogens (primary N) is 1. The Kier molecular flexibility index (Phi) is 3.00. The molecule has 3 N–H and O–H groups in total. The fourth-order valence-corrected chi connectivity index (χ4v) is 2.96. The minimum Gasteiger partial charge on any atom is -0.382 e. The summed E-state index contributed by atoms with van der Waals surface area (Å²) in [6, 6.07) is 8.12. The summed E-state index contributed by atoms with van der Waals surface area (Å²) in [6.45, 7) is 0. The SMILES string of the molecule is Nc1n[nH]c(-c2ccc(F)cc2Cl)c1-c1cccs1. The van der Waals surface area contributed by atoms with E-state index in [0.29, 0.717) is 22.1 Å². The van der Waals surface area contributed by atoms with Crippen LogP contribution in [-0.2, 0) is 0 Å². The van der Waals surface area contributed by atoms with Crippen molar-refractivity contribution in [2.75, 3.05) is 5.73 Å². The van der Waals surface area contributed by atoms with Crippen molar-refractivity contribution in [2.45, 2.75) is 0 Å². The summed E-state index contributed by atoms with van der Waals surface area (Å²) < 4.78 is 13.1. The van der Waals surface area contributed by atoms with Crippen molar-refractivity contribution in [1.82, 2.24) is 10.2 Å². The number of hydrogen-bond acceptors (Lipinski definition) is 3. The molecule has 0 saturated carbocycles. The number of anilines is 1. The van der Waals surface area contributed by atoms with Gasteiger partial charge in [-0.25, -0.2) is 4.39 Å². The van der Waals surface area contributed by atoms with Crippen molar-refractivity contribution in [3.63, 3.8) is 0 Å². The number of thiophene rings is 1. The van der Waals surface area contributed by atoms with Crippen LogP contribution in [0.25, 0.3) is 21.7 Å². The maximum atomic E-state index is 13.1. The molecule has 0 fully saturated rings. The lowest BCUT2D eigenvalue weighted by Crippen LogP contribution is -1.87. The van der Waals surface area contributed by atoms with Gasteiger partial charge < -0.3 is 5.73 Å². The predicted molar refractivity (Wildman–Crippen MR) is 76.7 cm³/mol. The molecular weight excluding hydrogens is 285 g/mol. The van der Waals surface area contributed by atoms with E-state index in [1.54, 1.807) is 17.4 Å². The molecule has 0 amide bonds. The van der Waals surface area contributed by atoms with Gasteiger partial charge in [-0.05, 0) is 29.6 Å². The second kappa shape index (κ2) is 4.68. The first-order chi connectivity index (χ1) is 9.16. The van der Waals surface area contributed by atoms with Crippen LogP contribution in [0.5, 0.6) is 0 Å². The average molecular weight is 294 g/mol. The fraction of sp³-hybridized carbons (Fsp3) is 0. The second-order valence-corrected chi connectivity index (χ2v) is 5.32. The Morgan fingerprint density at radius 2 is 2.16 bits per heavy atom. The normalized spacial score (nSPS) is 10.8. The molecule has 2 aromatic heterocycles. The Balaban J connectivity index is 2.21. The first-order valence-electron chi connectivity index (χ1n) is 5.50. The van der Waals surface area contributed by atoms with E-state index in [2.05, 4.69) is 10.2 Å². The second-order valence-electron chi connectivity index (χ2n) is 3.96. The molecule has 1 aromatic carbocycles. The van der Waals surface area contributed by atoms with Crippen LogP contribution in [0.4, 0.5) is 10.2 Å². The van der Waals surface area contributed by atoms with Gasteiger partial charge in [-0.15, -0.1) is 11.3 Å². The molecule has 6 heteroatoms. The van der Waals surface area contributed by atoms with Crippen LogP contribution in [0.1, 0.15) is 0 Å². The Hall–Kier alpha value is -1.85. The van der Waals surface area contributed by atoms with Crippen LogP contribution in [0.3, 0.4) is 0 Å². The Morgan fingerprint density at radius 1 is 1.32 bits per heavy atom. The number of aromatic amines is 1. The van der Waals surface area contributed by atoms with Gasteiger partial charge >= 0.3 is 0 Å². The van der Waals surface area contributed by atoms with Gasteiger partial charge in [0.05, 0.1) is 16.3 Å². The van der Waals surface area contributed by atoms with Gasteiger partial charge in [0, 0.05) is 10.4 Å². The summed E-state index contributed by atoms with van der Waals surface area (Å²) in [6.07, 6.45) is 0. The molecule has 0 aliphatic rings. The summed E-state index contributed by atoms with van der Waals surface area (Å²) in [7, 11) is 0. The first-order valence-corrected chi connectivity index (χ1v) is 6.75. The number of rotatable bonds is 2. The maximum absolute atomic E-state index is 13.1. The molecule has 3 nitrogen and oxygen atoms in total. The van der Waals surface area contributed by atoms with Gasteiger partial charge in [0.2, 0.25) is 0 Å². The molecule has 0 radical (unpaired) electrons. The zero-order chi connectivity index (χ0) is 13.4. The zero-order valence-electron chi connectivity index (χ0n) is 9.65. The monoisotopic (exact) mass is 293 g/mol. The van der Waals surface area contributed by atoms with E-state index >= 15 is 0 Å². The van der Waals surface area contributed by atoms with Gasteiger partial charge in [-0.3, -0.25) is 5.10 Å². The molecule has 0 bridgehead atoms. The van der Waals surface area contributed by atoms with Crippen molar-refractivity contribution in [3.8, 4) is 21.7 Å². The Bertz CT molecular complexity index is 722. The topological polar surface area (TPSA) is 54.7 Å². The van der Waals surface area contributed by atoms with Crippen LogP contribution in [0, 0.1) is 5.82 Å². The number of hydrogen-bond donors (Lipinski definition) is 2. The number of aromatic nitrogens is 2. The maximum Gasteiger partial charge on any atom is 0.154 e.